The fraction of sp³-hybridized carbons (Fsp3) is 0.391. The number of halogens is 2. The number of fused-ring (bicyclic) bond motifs is 2. The van der Waals surface area contributed by atoms with Crippen molar-refractivity contribution in [3.8, 4) is 45.1 Å². The van der Waals surface area contributed by atoms with E-state index in [0.29, 0.717) is 34.1 Å². The van der Waals surface area contributed by atoms with Crippen molar-refractivity contribution in [2.45, 2.75) is 144 Å². The minimum Gasteiger partial charge on any atom is -0.496 e. The minimum absolute atomic E-state index is 0. The summed E-state index contributed by atoms with van der Waals surface area (Å²) in [5, 5.41) is 21.7. The van der Waals surface area contributed by atoms with E-state index in [0.717, 1.165) is 74.6 Å². The second kappa shape index (κ2) is 31.7. The molecule has 0 saturated heterocycles. The molecule has 10 rings (SSSR count). The fourth-order valence-corrected chi connectivity index (χ4v) is 15.6. The third kappa shape index (κ3) is 18.6. The number of nitrogens with zero attached hydrogens (tertiary/aromatic N) is 2. The first-order valence-electron chi connectivity index (χ1n) is 28.5. The van der Waals surface area contributed by atoms with Crippen molar-refractivity contribution in [2.24, 2.45) is 17.8 Å². The second-order valence-electron chi connectivity index (χ2n) is 22.3. The van der Waals surface area contributed by atoms with E-state index in [1.807, 2.05) is 68.4 Å². The fourth-order valence-electron chi connectivity index (χ4n) is 11.1. The second-order valence-corrected chi connectivity index (χ2v) is 26.0. The van der Waals surface area contributed by atoms with Crippen molar-refractivity contribution in [2.75, 3.05) is 14.2 Å². The lowest BCUT2D eigenvalue weighted by Crippen LogP contribution is -2.27. The van der Waals surface area contributed by atoms with Crippen LogP contribution in [0.25, 0.3) is 55.4 Å². The Morgan fingerprint density at radius 1 is 0.519 bits per heavy atom. The number of hydrogen-bond donors (Lipinski definition) is 2. The molecule has 6 nitrogen and oxygen atoms in total. The molecular weight excluding hydrogens is 1030 g/mol. The van der Waals surface area contributed by atoms with Gasteiger partial charge in [-0.15, -0.1) is 0 Å². The summed E-state index contributed by atoms with van der Waals surface area (Å²) in [5.74, 6) is 3.53. The highest BCUT2D eigenvalue weighted by atomic mass is 35.5. The molecule has 2 heterocycles. The van der Waals surface area contributed by atoms with Crippen molar-refractivity contribution >= 4 is 65.4 Å². The van der Waals surface area contributed by atoms with Crippen molar-refractivity contribution in [3.05, 3.63) is 173 Å². The number of methoxy groups -OCH3 is 2. The van der Waals surface area contributed by atoms with Crippen LogP contribution in [0.5, 0.6) is 11.5 Å². The van der Waals surface area contributed by atoms with E-state index in [4.69, 9.17) is 47.7 Å². The smallest absolute Gasteiger partial charge is 0.451 e. The molecular formula is C69H86BCl2N2O4P. The molecule has 6 aromatic carbocycles. The molecule has 10 heteroatoms. The molecule has 0 bridgehead atoms. The number of aromatic nitrogens is 2. The SMILES string of the molecule is C.CC(C)CB(O)O.CC(C)Cc1cc(CC(C)C)cc(-c2ccc3ccccc3n2)c1.COc1cccc(OC)c1-c1ccccc1P(C1CCCCC1)C1CCCCC1.Clc1cc(Cl)cc(-c2ccc3ccccc3n2)c1. The first-order valence-corrected chi connectivity index (χ1v) is 30.7. The molecule has 2 aliphatic carbocycles. The number of rotatable bonds is 14. The molecule has 0 unspecified atom stereocenters. The first kappa shape index (κ1) is 62.9. The van der Waals surface area contributed by atoms with E-state index in [9.17, 15) is 0 Å². The van der Waals surface area contributed by atoms with Gasteiger partial charge in [0.2, 0.25) is 0 Å². The van der Waals surface area contributed by atoms with E-state index < -0.39 is 7.12 Å². The number of para-hydroxylation sites is 2. The van der Waals surface area contributed by atoms with Crippen LogP contribution in [0.15, 0.2) is 152 Å². The van der Waals surface area contributed by atoms with Gasteiger partial charge in [-0.05, 0) is 163 Å². The van der Waals surface area contributed by atoms with Gasteiger partial charge in [-0.25, -0.2) is 9.97 Å². The van der Waals surface area contributed by atoms with Gasteiger partial charge in [-0.1, -0.05) is 204 Å². The van der Waals surface area contributed by atoms with Crippen LogP contribution in [0.1, 0.15) is 124 Å². The maximum Gasteiger partial charge on any atom is 0.451 e. The average molecular weight is 1120 g/mol. The summed E-state index contributed by atoms with van der Waals surface area (Å²) in [6.07, 6.45) is 16.9. The monoisotopic (exact) mass is 1120 g/mol. The highest BCUT2D eigenvalue weighted by Crippen LogP contribution is 2.57. The Bertz CT molecular complexity index is 3040. The molecule has 0 atom stereocenters. The Labute approximate surface area is 485 Å². The summed E-state index contributed by atoms with van der Waals surface area (Å²) in [4.78, 5) is 9.50. The molecule has 8 aromatic rings. The molecule has 2 fully saturated rings. The summed E-state index contributed by atoms with van der Waals surface area (Å²) in [7, 11) is 2.23. The topological polar surface area (TPSA) is 84.7 Å². The molecule has 0 aliphatic heterocycles. The van der Waals surface area contributed by atoms with Crippen molar-refractivity contribution < 1.29 is 19.5 Å². The summed E-state index contributed by atoms with van der Waals surface area (Å²) >= 11 is 12.0. The zero-order valence-corrected chi connectivity index (χ0v) is 49.8. The summed E-state index contributed by atoms with van der Waals surface area (Å²) < 4.78 is 11.6. The van der Waals surface area contributed by atoms with Gasteiger partial charge in [0.15, 0.2) is 0 Å². The Morgan fingerprint density at radius 2 is 0.962 bits per heavy atom. The molecule has 0 spiro atoms. The van der Waals surface area contributed by atoms with Crippen molar-refractivity contribution in [1.82, 2.24) is 9.97 Å². The van der Waals surface area contributed by atoms with Gasteiger partial charge in [0, 0.05) is 31.9 Å². The van der Waals surface area contributed by atoms with E-state index >= 15 is 0 Å². The zero-order chi connectivity index (χ0) is 55.6. The lowest BCUT2D eigenvalue weighted by molar-refractivity contribution is 0.394. The number of pyridine rings is 2. The van der Waals surface area contributed by atoms with Gasteiger partial charge in [0.1, 0.15) is 11.5 Å². The number of ether oxygens (including phenoxy) is 2. The maximum atomic E-state index is 8.28. The first-order chi connectivity index (χ1) is 37.7. The molecule has 2 aliphatic rings. The van der Waals surface area contributed by atoms with Crippen LogP contribution in [0, 0.1) is 17.8 Å². The van der Waals surface area contributed by atoms with Gasteiger partial charge in [0.05, 0.1) is 42.2 Å². The van der Waals surface area contributed by atoms with Crippen LogP contribution in [0.2, 0.25) is 16.4 Å². The molecule has 2 N–H and O–H groups in total. The van der Waals surface area contributed by atoms with Crippen LogP contribution < -0.4 is 14.8 Å². The van der Waals surface area contributed by atoms with E-state index in [1.165, 1.54) is 91.8 Å². The third-order valence-corrected chi connectivity index (χ3v) is 18.5. The summed E-state index contributed by atoms with van der Waals surface area (Å²) in [5.41, 5.74) is 13.2. The van der Waals surface area contributed by atoms with Crippen molar-refractivity contribution in [1.29, 1.82) is 0 Å². The predicted octanol–water partition coefficient (Wildman–Crippen LogP) is 19.4. The molecule has 0 amide bonds. The maximum absolute atomic E-state index is 8.28. The van der Waals surface area contributed by atoms with Crippen LogP contribution in [-0.2, 0) is 12.8 Å². The predicted molar refractivity (Wildman–Crippen MR) is 343 cm³/mol. The third-order valence-electron chi connectivity index (χ3n) is 14.5. The van der Waals surface area contributed by atoms with Gasteiger partial charge in [0.25, 0.3) is 0 Å². The van der Waals surface area contributed by atoms with Gasteiger partial charge in [-0.3, -0.25) is 0 Å². The molecule has 2 aromatic heterocycles. The molecule has 418 valence electrons. The minimum atomic E-state index is -1.13. The van der Waals surface area contributed by atoms with Crippen LogP contribution in [0.4, 0.5) is 0 Å². The van der Waals surface area contributed by atoms with Crippen molar-refractivity contribution in [3.63, 3.8) is 0 Å². The van der Waals surface area contributed by atoms with Gasteiger partial charge in [-0.2, -0.15) is 0 Å². The van der Waals surface area contributed by atoms with E-state index in [1.54, 1.807) is 25.6 Å². The summed E-state index contributed by atoms with van der Waals surface area (Å²) in [6, 6.07) is 52.5. The van der Waals surface area contributed by atoms with E-state index in [2.05, 4.69) is 124 Å². The van der Waals surface area contributed by atoms with Gasteiger partial charge >= 0.3 is 7.12 Å². The molecule has 2 saturated carbocycles. The Hall–Kier alpha value is -5.27. The quantitative estimate of drug-likeness (QED) is 0.0834. The van der Waals surface area contributed by atoms with E-state index in [-0.39, 0.29) is 15.3 Å². The Morgan fingerprint density at radius 3 is 1.39 bits per heavy atom. The van der Waals surface area contributed by atoms with Crippen LogP contribution in [-0.4, -0.2) is 52.7 Å². The lowest BCUT2D eigenvalue weighted by atomic mass is 9.80. The Kier molecular flexibility index (Phi) is 25.2. The lowest BCUT2D eigenvalue weighted by Gasteiger charge is -2.39. The van der Waals surface area contributed by atoms with Crippen LogP contribution >= 0.6 is 31.1 Å². The van der Waals surface area contributed by atoms with Crippen LogP contribution in [0.3, 0.4) is 0 Å². The zero-order valence-electron chi connectivity index (χ0n) is 47.4. The largest absolute Gasteiger partial charge is 0.496 e. The normalized spacial score (nSPS) is 13.7. The number of hydrogen-bond acceptors (Lipinski definition) is 6. The van der Waals surface area contributed by atoms with Gasteiger partial charge < -0.3 is 19.5 Å². The standard InChI is InChI=1S/C26H35O2P.C23H27N.C15H9Cl2N.C4H11BO2.CH4/c1-27-23-17-11-18-24(28-2)26(23)22-16-9-10-19-25(22)29(20-12-5-3-6-13-20)21-14-7-4-8-15-21;1-16(2)11-18-13-19(12-17(3)4)15-21(14-18)23-10-9-20-7-5-6-8-22(20)24-23;16-12-7-11(8-13(17)9-12)15-6-5-10-3-1-2-4-14(10)18-15;1-4(2)3-5(6)7;/h9-11,16-21H,3-8,12-15H2,1-2H3;5-10,13-17H,11-12H2,1-4H3;1-9H;4,6-7H,3H2,1-2H3;1H4. The highest BCUT2D eigenvalue weighted by molar-refractivity contribution is 7.67. The molecule has 79 heavy (non-hydrogen) atoms. The average Bonchev–Trinajstić information content (AvgIpc) is 3.47. The Balaban J connectivity index is 0.000000183. The highest BCUT2D eigenvalue weighted by Gasteiger charge is 2.34. The number of benzene rings is 6. The molecule has 0 radical (unpaired) electrons. The summed E-state index contributed by atoms with van der Waals surface area (Å²) in [6.45, 7) is 13.0.